The number of carbonyl (C=O) groups is 3. The van der Waals surface area contributed by atoms with Gasteiger partial charge in [0.15, 0.2) is 0 Å². The number of hydrogen-bond acceptors (Lipinski definition) is 6. The molecule has 0 aromatic rings. The highest BCUT2D eigenvalue weighted by Crippen LogP contribution is 2.18. The lowest BCUT2D eigenvalue weighted by atomic mass is 10.2. The quantitative estimate of drug-likeness (QED) is 0.248. The Balaban J connectivity index is 5.10. The number of hydrogen-bond donors (Lipinski definition) is 0. The summed E-state index contributed by atoms with van der Waals surface area (Å²) in [4.78, 5) is 37.0. The number of imide groups is 1. The first-order valence-electron chi connectivity index (χ1n) is 7.92. The Morgan fingerprint density at radius 2 is 1.40 bits per heavy atom. The van der Waals surface area contributed by atoms with Crippen molar-refractivity contribution in [2.75, 3.05) is 11.0 Å². The van der Waals surface area contributed by atoms with Gasteiger partial charge in [0.2, 0.25) is 0 Å². The van der Waals surface area contributed by atoms with E-state index in [1.165, 1.54) is 0 Å². The molecule has 0 aliphatic heterocycles. The van der Waals surface area contributed by atoms with E-state index in [-0.39, 0.29) is 18.7 Å². The van der Waals surface area contributed by atoms with Crippen LogP contribution in [0.1, 0.15) is 54.4 Å². The number of esters is 1. The number of nitrogens with zero attached hydrogens (tertiary/aromatic N) is 1. The van der Waals surface area contributed by atoms with Crippen LogP contribution in [-0.2, 0) is 19.0 Å². The summed E-state index contributed by atoms with van der Waals surface area (Å²) in [6, 6.07) is 0. The largest absolute Gasteiger partial charge is 0.459 e. The zero-order chi connectivity index (χ0) is 19.8. The van der Waals surface area contributed by atoms with Gasteiger partial charge in [-0.05, 0) is 48.0 Å². The van der Waals surface area contributed by atoms with Gasteiger partial charge < -0.3 is 14.2 Å². The maximum atomic E-state index is 12.3. The van der Waals surface area contributed by atoms with Gasteiger partial charge >= 0.3 is 18.2 Å². The lowest BCUT2D eigenvalue weighted by molar-refractivity contribution is -0.143. The monoisotopic (exact) mass is 469 g/mol. The molecule has 0 aliphatic carbocycles. The minimum atomic E-state index is -0.935. The second kappa shape index (κ2) is 9.98. The van der Waals surface area contributed by atoms with E-state index in [4.69, 9.17) is 14.2 Å². The summed E-state index contributed by atoms with van der Waals surface area (Å²) < 4.78 is 16.3. The average Bonchev–Trinajstić information content (AvgIpc) is 2.38. The molecule has 0 saturated carbocycles. The molecule has 0 aromatic carbocycles. The predicted octanol–water partition coefficient (Wildman–Crippen LogP) is 4.43. The second-order valence-electron chi connectivity index (χ2n) is 7.32. The molecule has 0 aliphatic rings. The van der Waals surface area contributed by atoms with Crippen molar-refractivity contribution < 1.29 is 28.6 Å². The first-order valence-corrected chi connectivity index (χ1v) is 9.45. The third kappa shape index (κ3) is 11.0. The minimum Gasteiger partial charge on any atom is -0.459 e. The molecule has 0 N–H and O–H groups in total. The van der Waals surface area contributed by atoms with Crippen LogP contribution in [0.3, 0.4) is 0 Å². The van der Waals surface area contributed by atoms with Crippen LogP contribution in [0.25, 0.3) is 0 Å². The molecule has 0 atom stereocenters. The number of rotatable bonds is 6. The SMILES string of the molecule is C=C(COC(=O)CCCI)N(C(=O)OC(C)(C)C)C(=O)OC(C)(C)C. The lowest BCUT2D eigenvalue weighted by Gasteiger charge is -2.29. The lowest BCUT2D eigenvalue weighted by Crippen LogP contribution is -2.43. The zero-order valence-electron chi connectivity index (χ0n) is 15.8. The summed E-state index contributed by atoms with van der Waals surface area (Å²) in [7, 11) is 0. The van der Waals surface area contributed by atoms with Crippen LogP contribution in [0, 0.1) is 0 Å². The third-order valence-electron chi connectivity index (χ3n) is 2.38. The molecular formula is C17H28INO6. The maximum absolute atomic E-state index is 12.3. The summed E-state index contributed by atoms with van der Waals surface area (Å²) >= 11 is 2.16. The Morgan fingerprint density at radius 3 is 1.76 bits per heavy atom. The minimum absolute atomic E-state index is 0.0358. The fourth-order valence-corrected chi connectivity index (χ4v) is 1.84. The van der Waals surface area contributed by atoms with Crippen molar-refractivity contribution in [2.24, 2.45) is 0 Å². The number of carbonyl (C=O) groups excluding carboxylic acids is 3. The highest BCUT2D eigenvalue weighted by atomic mass is 127. The average molecular weight is 469 g/mol. The smallest absolute Gasteiger partial charge is 0.424 e. The first kappa shape index (κ1) is 23.7. The molecule has 25 heavy (non-hydrogen) atoms. The number of alkyl halides is 1. The molecule has 0 heterocycles. The molecule has 8 heteroatoms. The molecule has 0 spiro atoms. The molecule has 7 nitrogen and oxygen atoms in total. The fraction of sp³-hybridized carbons (Fsp3) is 0.706. The molecule has 144 valence electrons. The van der Waals surface area contributed by atoms with Crippen molar-refractivity contribution in [3.63, 3.8) is 0 Å². The number of halogens is 1. The van der Waals surface area contributed by atoms with Crippen LogP contribution < -0.4 is 0 Å². The Morgan fingerprint density at radius 1 is 0.960 bits per heavy atom. The van der Waals surface area contributed by atoms with Crippen LogP contribution in [0.4, 0.5) is 9.59 Å². The van der Waals surface area contributed by atoms with Crippen molar-refractivity contribution >= 4 is 40.7 Å². The predicted molar refractivity (Wildman–Crippen MR) is 103 cm³/mol. The third-order valence-corrected chi connectivity index (χ3v) is 3.15. The molecule has 0 fully saturated rings. The van der Waals surface area contributed by atoms with E-state index in [1.807, 2.05) is 0 Å². The van der Waals surface area contributed by atoms with Crippen molar-refractivity contribution in [3.05, 3.63) is 12.3 Å². The van der Waals surface area contributed by atoms with Crippen LogP contribution in [0.5, 0.6) is 0 Å². The van der Waals surface area contributed by atoms with Crippen molar-refractivity contribution in [3.8, 4) is 0 Å². The Labute approximate surface area is 163 Å². The van der Waals surface area contributed by atoms with E-state index >= 15 is 0 Å². The topological polar surface area (TPSA) is 82.1 Å². The van der Waals surface area contributed by atoms with Gasteiger partial charge in [0.1, 0.15) is 17.8 Å². The van der Waals surface area contributed by atoms with Crippen molar-refractivity contribution in [2.45, 2.75) is 65.6 Å². The Bertz CT molecular complexity index is 476. The second-order valence-corrected chi connectivity index (χ2v) is 8.39. The summed E-state index contributed by atoms with van der Waals surface area (Å²) in [6.07, 6.45) is -0.923. The van der Waals surface area contributed by atoms with Gasteiger partial charge in [-0.15, -0.1) is 0 Å². The van der Waals surface area contributed by atoms with Gasteiger partial charge in [-0.2, -0.15) is 4.90 Å². The molecule has 2 amide bonds. The normalized spacial score (nSPS) is 11.5. The van der Waals surface area contributed by atoms with Gasteiger partial charge in [-0.1, -0.05) is 29.2 Å². The Hall–Kier alpha value is -1.32. The van der Waals surface area contributed by atoms with E-state index < -0.39 is 29.4 Å². The standard InChI is InChI=1S/C17H28INO6/c1-12(11-23-13(20)9-8-10-18)19(14(21)24-16(2,3)4)15(22)25-17(5,6)7/h1,8-11H2,2-7H3. The summed E-state index contributed by atoms with van der Waals surface area (Å²) in [6.45, 7) is 13.4. The molecule has 0 unspecified atom stereocenters. The summed E-state index contributed by atoms with van der Waals surface area (Å²) in [5.74, 6) is -0.425. The molecule has 0 saturated heterocycles. The van der Waals surface area contributed by atoms with Gasteiger partial charge in [-0.25, -0.2) is 9.59 Å². The maximum Gasteiger partial charge on any atom is 0.424 e. The van der Waals surface area contributed by atoms with Crippen molar-refractivity contribution in [1.82, 2.24) is 4.90 Å². The Kier molecular flexibility index (Phi) is 9.45. The number of ether oxygens (including phenoxy) is 3. The van der Waals surface area contributed by atoms with Gasteiger partial charge in [-0.3, -0.25) is 4.79 Å². The molecule has 0 aromatic heterocycles. The van der Waals surface area contributed by atoms with Crippen LogP contribution in [0.15, 0.2) is 12.3 Å². The number of amides is 2. The van der Waals surface area contributed by atoms with E-state index in [0.29, 0.717) is 11.3 Å². The van der Waals surface area contributed by atoms with E-state index in [0.717, 1.165) is 4.43 Å². The fourth-order valence-electron chi connectivity index (χ4n) is 1.46. The van der Waals surface area contributed by atoms with Crippen molar-refractivity contribution in [1.29, 1.82) is 0 Å². The van der Waals surface area contributed by atoms with E-state index in [9.17, 15) is 14.4 Å². The molecule has 0 radical (unpaired) electrons. The van der Waals surface area contributed by atoms with Gasteiger partial charge in [0.25, 0.3) is 0 Å². The van der Waals surface area contributed by atoms with E-state index in [2.05, 4.69) is 29.2 Å². The van der Waals surface area contributed by atoms with Crippen LogP contribution >= 0.6 is 22.6 Å². The van der Waals surface area contributed by atoms with Crippen LogP contribution in [0.2, 0.25) is 0 Å². The summed E-state index contributed by atoms with van der Waals surface area (Å²) in [5, 5.41) is 0. The zero-order valence-corrected chi connectivity index (χ0v) is 18.0. The molecule has 0 bridgehead atoms. The highest BCUT2D eigenvalue weighted by molar-refractivity contribution is 14.1. The highest BCUT2D eigenvalue weighted by Gasteiger charge is 2.33. The van der Waals surface area contributed by atoms with Gasteiger partial charge in [0.05, 0.1) is 5.70 Å². The molecular weight excluding hydrogens is 441 g/mol. The molecule has 0 rings (SSSR count). The van der Waals surface area contributed by atoms with Gasteiger partial charge in [0, 0.05) is 10.8 Å². The first-order chi connectivity index (χ1) is 11.3. The van der Waals surface area contributed by atoms with E-state index in [1.54, 1.807) is 41.5 Å². The summed E-state index contributed by atoms with van der Waals surface area (Å²) in [5.41, 5.74) is -1.66. The van der Waals surface area contributed by atoms with Crippen LogP contribution in [-0.4, -0.2) is 45.3 Å².